The molecular weight excluding hydrogens is 456 g/mol. The molecule has 184 valence electrons. The highest BCUT2D eigenvalue weighted by Crippen LogP contribution is 2.47. The number of hydrogen-bond donors (Lipinski definition) is 1. The highest BCUT2D eigenvalue weighted by atomic mass is 16.7. The van der Waals surface area contributed by atoms with Crippen LogP contribution in [-0.4, -0.2) is 24.9 Å². The summed E-state index contributed by atoms with van der Waals surface area (Å²) in [5.74, 6) is 1.15. The maximum Gasteiger partial charge on any atom is 0.343 e. The molecule has 1 saturated carbocycles. The molecular formula is C29H28N2O5. The molecule has 0 saturated heterocycles. The van der Waals surface area contributed by atoms with E-state index in [1.54, 1.807) is 48.7 Å². The molecule has 3 aromatic rings. The number of hydrogen-bond acceptors (Lipinski definition) is 6. The number of benzene rings is 3. The number of carbonyl (C=O) groups is 2. The van der Waals surface area contributed by atoms with Crippen LogP contribution in [0.2, 0.25) is 0 Å². The van der Waals surface area contributed by atoms with Crippen LogP contribution in [0.1, 0.15) is 60.2 Å². The second kappa shape index (κ2) is 9.49. The van der Waals surface area contributed by atoms with Crippen LogP contribution < -0.4 is 19.6 Å². The first-order valence-corrected chi connectivity index (χ1v) is 11.9. The van der Waals surface area contributed by atoms with Crippen LogP contribution in [0.25, 0.3) is 0 Å². The molecule has 0 bridgehead atoms. The van der Waals surface area contributed by atoms with Crippen LogP contribution >= 0.6 is 0 Å². The first kappa shape index (κ1) is 23.6. The normalized spacial score (nSPS) is 18.2. The van der Waals surface area contributed by atoms with Gasteiger partial charge >= 0.3 is 5.97 Å². The Kier molecular flexibility index (Phi) is 6.22. The van der Waals surface area contributed by atoms with Crippen molar-refractivity contribution in [1.82, 2.24) is 5.43 Å². The average Bonchev–Trinajstić information content (AvgIpc) is 3.53. The van der Waals surface area contributed by atoms with Gasteiger partial charge in [-0.1, -0.05) is 45.0 Å². The van der Waals surface area contributed by atoms with Crippen molar-refractivity contribution in [3.8, 4) is 17.2 Å². The molecule has 1 amide bonds. The Balaban J connectivity index is 1.11. The number of amides is 1. The SMILES string of the molecule is CC(C)(C)c1ccc([C@@H]2C[C@@H]2C(=O)N/N=C/c2ccc(OC(=O)c3ccc4c(c3)OCO4)cc2)cc1. The first-order chi connectivity index (χ1) is 17.3. The fourth-order valence-corrected chi connectivity index (χ4v) is 4.15. The van der Waals surface area contributed by atoms with Gasteiger partial charge in [0.1, 0.15) is 5.75 Å². The second-order valence-corrected chi connectivity index (χ2v) is 10.1. The average molecular weight is 485 g/mol. The van der Waals surface area contributed by atoms with Crippen molar-refractivity contribution in [1.29, 1.82) is 0 Å². The third-order valence-corrected chi connectivity index (χ3v) is 6.42. The molecule has 5 rings (SSSR count). The summed E-state index contributed by atoms with van der Waals surface area (Å²) >= 11 is 0. The molecule has 0 unspecified atom stereocenters. The number of fused-ring (bicyclic) bond motifs is 1. The van der Waals surface area contributed by atoms with E-state index < -0.39 is 5.97 Å². The number of nitrogens with zero attached hydrogens (tertiary/aromatic N) is 1. The topological polar surface area (TPSA) is 86.2 Å². The quantitative estimate of drug-likeness (QED) is 0.225. The standard InChI is InChI=1S/C29H28N2O5/c1-29(2,3)21-9-6-19(7-10-21)23-15-24(23)27(32)31-30-16-18-4-11-22(12-5-18)36-28(33)20-8-13-25-26(14-20)35-17-34-25/h4-14,16,23-24H,15,17H2,1-3H3,(H,31,32)/b30-16+/t23-,24-/m0/s1. The molecule has 1 aliphatic heterocycles. The number of nitrogens with one attached hydrogen (secondary N) is 1. The zero-order valence-corrected chi connectivity index (χ0v) is 20.5. The van der Waals surface area contributed by atoms with Gasteiger partial charge in [-0.25, -0.2) is 10.2 Å². The van der Waals surface area contributed by atoms with Gasteiger partial charge < -0.3 is 14.2 Å². The fourth-order valence-electron chi connectivity index (χ4n) is 4.15. The van der Waals surface area contributed by atoms with Gasteiger partial charge in [0.2, 0.25) is 12.7 Å². The monoisotopic (exact) mass is 484 g/mol. The summed E-state index contributed by atoms with van der Waals surface area (Å²) in [6, 6.07) is 20.3. The molecule has 1 N–H and O–H groups in total. The molecule has 7 nitrogen and oxygen atoms in total. The van der Waals surface area contributed by atoms with E-state index in [1.807, 2.05) is 0 Å². The minimum atomic E-state index is -0.492. The van der Waals surface area contributed by atoms with Gasteiger partial charge in [0.05, 0.1) is 11.8 Å². The van der Waals surface area contributed by atoms with Gasteiger partial charge in [-0.15, -0.1) is 0 Å². The fraction of sp³-hybridized carbons (Fsp3) is 0.276. The van der Waals surface area contributed by atoms with Crippen LogP contribution in [0.4, 0.5) is 0 Å². The predicted octanol–water partition coefficient (Wildman–Crippen LogP) is 5.19. The molecule has 7 heteroatoms. The minimum Gasteiger partial charge on any atom is -0.454 e. The summed E-state index contributed by atoms with van der Waals surface area (Å²) in [6.45, 7) is 6.71. The molecule has 2 atom stereocenters. The highest BCUT2D eigenvalue weighted by molar-refractivity contribution is 5.92. The van der Waals surface area contributed by atoms with Crippen LogP contribution in [0.15, 0.2) is 71.8 Å². The summed E-state index contributed by atoms with van der Waals surface area (Å²) < 4.78 is 16.0. The second-order valence-electron chi connectivity index (χ2n) is 10.1. The molecule has 3 aromatic carbocycles. The maximum absolute atomic E-state index is 12.5. The smallest absolute Gasteiger partial charge is 0.343 e. The lowest BCUT2D eigenvalue weighted by molar-refractivity contribution is -0.122. The van der Waals surface area contributed by atoms with E-state index in [0.29, 0.717) is 22.8 Å². The van der Waals surface area contributed by atoms with Crippen LogP contribution in [0, 0.1) is 5.92 Å². The first-order valence-electron chi connectivity index (χ1n) is 11.9. The zero-order valence-electron chi connectivity index (χ0n) is 20.5. The van der Waals surface area contributed by atoms with Crippen molar-refractivity contribution in [2.24, 2.45) is 11.0 Å². The van der Waals surface area contributed by atoms with E-state index in [9.17, 15) is 9.59 Å². The molecule has 1 fully saturated rings. The van der Waals surface area contributed by atoms with Gasteiger partial charge in [0.25, 0.3) is 0 Å². The van der Waals surface area contributed by atoms with Crippen molar-refractivity contribution in [2.45, 2.75) is 38.5 Å². The number of esters is 1. The number of hydrazone groups is 1. The third kappa shape index (κ3) is 5.25. The molecule has 0 aromatic heterocycles. The van der Waals surface area contributed by atoms with E-state index in [4.69, 9.17) is 14.2 Å². The number of rotatable bonds is 6. The Labute approximate surface area is 210 Å². The largest absolute Gasteiger partial charge is 0.454 e. The van der Waals surface area contributed by atoms with Gasteiger partial charge in [0, 0.05) is 5.92 Å². The van der Waals surface area contributed by atoms with Crippen molar-refractivity contribution in [3.63, 3.8) is 0 Å². The van der Waals surface area contributed by atoms with Crippen LogP contribution in [0.3, 0.4) is 0 Å². The Bertz CT molecular complexity index is 1310. The van der Waals surface area contributed by atoms with E-state index in [-0.39, 0.29) is 30.0 Å². The van der Waals surface area contributed by atoms with E-state index >= 15 is 0 Å². The lowest BCUT2D eigenvalue weighted by Gasteiger charge is -2.19. The van der Waals surface area contributed by atoms with E-state index in [2.05, 4.69) is 55.6 Å². The number of ether oxygens (including phenoxy) is 3. The summed E-state index contributed by atoms with van der Waals surface area (Å²) in [5.41, 5.74) is 6.37. The van der Waals surface area contributed by atoms with Crippen molar-refractivity contribution in [3.05, 3.63) is 89.0 Å². The lowest BCUT2D eigenvalue weighted by atomic mass is 9.86. The van der Waals surface area contributed by atoms with Crippen molar-refractivity contribution < 1.29 is 23.8 Å². The van der Waals surface area contributed by atoms with Gasteiger partial charge in [-0.05, 0) is 76.9 Å². The van der Waals surface area contributed by atoms with Gasteiger partial charge in [-0.2, -0.15) is 5.10 Å². The molecule has 36 heavy (non-hydrogen) atoms. The van der Waals surface area contributed by atoms with E-state index in [0.717, 1.165) is 12.0 Å². The van der Waals surface area contributed by atoms with E-state index in [1.165, 1.54) is 11.1 Å². The van der Waals surface area contributed by atoms with Crippen LogP contribution in [0.5, 0.6) is 17.2 Å². The molecule has 0 spiro atoms. The molecule has 1 aliphatic carbocycles. The Morgan fingerprint density at radius 2 is 1.69 bits per heavy atom. The predicted molar refractivity (Wildman–Crippen MR) is 136 cm³/mol. The summed E-state index contributed by atoms with van der Waals surface area (Å²) in [5, 5.41) is 4.09. The number of carbonyl (C=O) groups excluding carboxylic acids is 2. The molecule has 1 heterocycles. The Morgan fingerprint density at radius 3 is 2.42 bits per heavy atom. The summed E-state index contributed by atoms with van der Waals surface area (Å²) in [6.07, 6.45) is 2.40. The highest BCUT2D eigenvalue weighted by Gasteiger charge is 2.44. The third-order valence-electron chi connectivity index (χ3n) is 6.42. The molecule has 0 radical (unpaired) electrons. The molecule has 2 aliphatic rings. The van der Waals surface area contributed by atoms with Crippen molar-refractivity contribution >= 4 is 18.1 Å². The minimum absolute atomic E-state index is 0.0550. The maximum atomic E-state index is 12.5. The Hall–Kier alpha value is -4.13. The Morgan fingerprint density at radius 1 is 0.972 bits per heavy atom. The van der Waals surface area contributed by atoms with Crippen LogP contribution in [-0.2, 0) is 10.2 Å². The van der Waals surface area contributed by atoms with Crippen molar-refractivity contribution in [2.75, 3.05) is 6.79 Å². The summed E-state index contributed by atoms with van der Waals surface area (Å²) in [7, 11) is 0. The lowest BCUT2D eigenvalue weighted by Crippen LogP contribution is -2.20. The summed E-state index contributed by atoms with van der Waals surface area (Å²) in [4.78, 5) is 24.9. The zero-order chi connectivity index (χ0) is 25.3. The van der Waals surface area contributed by atoms with Gasteiger partial charge in [-0.3, -0.25) is 4.79 Å². The van der Waals surface area contributed by atoms with Gasteiger partial charge in [0.15, 0.2) is 11.5 Å².